The van der Waals surface area contributed by atoms with Gasteiger partial charge in [0.2, 0.25) is 0 Å². The summed E-state index contributed by atoms with van der Waals surface area (Å²) >= 11 is 5.74. The van der Waals surface area contributed by atoms with E-state index in [0.29, 0.717) is 11.4 Å². The van der Waals surface area contributed by atoms with Crippen molar-refractivity contribution in [3.8, 4) is 5.75 Å². The van der Waals surface area contributed by atoms with Crippen molar-refractivity contribution in [2.45, 2.75) is 19.3 Å². The first kappa shape index (κ1) is 16.3. The van der Waals surface area contributed by atoms with Crippen molar-refractivity contribution in [3.63, 3.8) is 0 Å². The zero-order chi connectivity index (χ0) is 17.1. The fourth-order valence-corrected chi connectivity index (χ4v) is 2.90. The Labute approximate surface area is 143 Å². The van der Waals surface area contributed by atoms with Crippen molar-refractivity contribution in [3.05, 3.63) is 62.7 Å². The molecule has 0 bridgehead atoms. The molecule has 24 heavy (non-hydrogen) atoms. The van der Waals surface area contributed by atoms with Gasteiger partial charge in [0.25, 0.3) is 11.6 Å². The van der Waals surface area contributed by atoms with E-state index in [4.69, 9.17) is 16.3 Å². The first-order chi connectivity index (χ1) is 11.5. The number of benzene rings is 2. The van der Waals surface area contributed by atoms with Crippen LogP contribution in [0, 0.1) is 10.1 Å². The molecule has 0 radical (unpaired) electrons. The molecule has 1 aliphatic carbocycles. The van der Waals surface area contributed by atoms with Crippen LogP contribution in [0.1, 0.15) is 17.5 Å². The Morgan fingerprint density at radius 2 is 2.00 bits per heavy atom. The molecule has 7 heteroatoms. The summed E-state index contributed by atoms with van der Waals surface area (Å²) in [7, 11) is 0. The van der Waals surface area contributed by atoms with Gasteiger partial charge in [-0.3, -0.25) is 14.9 Å². The Hall–Kier alpha value is -2.60. The molecule has 0 atom stereocenters. The Balaban J connectivity index is 1.60. The number of nitro groups is 1. The van der Waals surface area contributed by atoms with Crippen LogP contribution in [-0.2, 0) is 17.6 Å². The zero-order valence-electron chi connectivity index (χ0n) is 12.8. The number of rotatable bonds is 5. The summed E-state index contributed by atoms with van der Waals surface area (Å²) in [4.78, 5) is 22.2. The van der Waals surface area contributed by atoms with Crippen LogP contribution >= 0.6 is 11.6 Å². The van der Waals surface area contributed by atoms with E-state index in [-0.39, 0.29) is 17.3 Å². The normalized spacial score (nSPS) is 12.5. The summed E-state index contributed by atoms with van der Waals surface area (Å²) in [6.45, 7) is -0.171. The molecule has 1 aliphatic rings. The van der Waals surface area contributed by atoms with Gasteiger partial charge in [-0.1, -0.05) is 17.7 Å². The molecule has 0 spiro atoms. The summed E-state index contributed by atoms with van der Waals surface area (Å²) in [5, 5.41) is 13.4. The SMILES string of the molecule is O=C(COc1ccc2c(c1)CCC2)Nc1ccc(Cl)c([N+](=O)[O-])c1. The third-order valence-corrected chi connectivity index (χ3v) is 4.19. The second-order valence-corrected chi connectivity index (χ2v) is 5.95. The lowest BCUT2D eigenvalue weighted by Gasteiger charge is -2.09. The topological polar surface area (TPSA) is 81.5 Å². The van der Waals surface area contributed by atoms with E-state index in [1.54, 1.807) is 0 Å². The lowest BCUT2D eigenvalue weighted by atomic mass is 10.1. The van der Waals surface area contributed by atoms with Gasteiger partial charge in [-0.2, -0.15) is 0 Å². The van der Waals surface area contributed by atoms with Gasteiger partial charge in [-0.05, 0) is 54.7 Å². The second-order valence-electron chi connectivity index (χ2n) is 5.54. The number of nitrogens with one attached hydrogen (secondary N) is 1. The van der Waals surface area contributed by atoms with Gasteiger partial charge in [0.1, 0.15) is 10.8 Å². The highest BCUT2D eigenvalue weighted by Gasteiger charge is 2.15. The molecule has 0 unspecified atom stereocenters. The average molecular weight is 347 g/mol. The number of hydrogen-bond acceptors (Lipinski definition) is 4. The monoisotopic (exact) mass is 346 g/mol. The van der Waals surface area contributed by atoms with E-state index in [0.717, 1.165) is 19.3 Å². The highest BCUT2D eigenvalue weighted by molar-refractivity contribution is 6.32. The Bertz CT molecular complexity index is 807. The van der Waals surface area contributed by atoms with Crippen LogP contribution in [0.4, 0.5) is 11.4 Å². The van der Waals surface area contributed by atoms with Gasteiger partial charge in [-0.25, -0.2) is 0 Å². The van der Waals surface area contributed by atoms with E-state index in [2.05, 4.69) is 5.32 Å². The van der Waals surface area contributed by atoms with E-state index >= 15 is 0 Å². The van der Waals surface area contributed by atoms with Crippen LogP contribution in [0.3, 0.4) is 0 Å². The largest absolute Gasteiger partial charge is 0.484 e. The van der Waals surface area contributed by atoms with Crippen molar-refractivity contribution in [1.82, 2.24) is 0 Å². The fraction of sp³-hybridized carbons (Fsp3) is 0.235. The van der Waals surface area contributed by atoms with Gasteiger partial charge in [0.15, 0.2) is 6.61 Å². The number of hydrogen-bond donors (Lipinski definition) is 1. The molecule has 2 aromatic rings. The van der Waals surface area contributed by atoms with E-state index < -0.39 is 10.8 Å². The van der Waals surface area contributed by atoms with Crippen molar-refractivity contribution < 1.29 is 14.5 Å². The lowest BCUT2D eigenvalue weighted by molar-refractivity contribution is -0.384. The van der Waals surface area contributed by atoms with E-state index in [1.165, 1.54) is 29.3 Å². The minimum Gasteiger partial charge on any atom is -0.484 e. The molecule has 1 N–H and O–H groups in total. The van der Waals surface area contributed by atoms with Crippen LogP contribution in [0.15, 0.2) is 36.4 Å². The molecule has 6 nitrogen and oxygen atoms in total. The molecule has 3 rings (SSSR count). The molecule has 0 fully saturated rings. The maximum atomic E-state index is 11.9. The molecule has 124 valence electrons. The molecule has 0 heterocycles. The predicted molar refractivity (Wildman–Crippen MR) is 90.7 cm³/mol. The quantitative estimate of drug-likeness (QED) is 0.660. The number of carbonyl (C=O) groups is 1. The minimum absolute atomic E-state index is 0.0207. The summed E-state index contributed by atoms with van der Waals surface area (Å²) < 4.78 is 5.49. The van der Waals surface area contributed by atoms with Crippen molar-refractivity contribution in [1.29, 1.82) is 0 Å². The number of aryl methyl sites for hydroxylation is 2. The summed E-state index contributed by atoms with van der Waals surface area (Å²) in [5.74, 6) is 0.250. The fourth-order valence-electron chi connectivity index (χ4n) is 2.71. The number of nitrogens with zero attached hydrogens (tertiary/aromatic N) is 1. The summed E-state index contributed by atoms with van der Waals surface area (Å²) in [6.07, 6.45) is 3.27. The van der Waals surface area contributed by atoms with Crippen LogP contribution in [0.25, 0.3) is 0 Å². The third kappa shape index (κ3) is 3.65. The average Bonchev–Trinajstić information content (AvgIpc) is 3.02. The molecule has 0 saturated heterocycles. The van der Waals surface area contributed by atoms with Gasteiger partial charge in [0, 0.05) is 11.8 Å². The van der Waals surface area contributed by atoms with Gasteiger partial charge >= 0.3 is 0 Å². The van der Waals surface area contributed by atoms with Gasteiger partial charge in [-0.15, -0.1) is 0 Å². The minimum atomic E-state index is -0.598. The summed E-state index contributed by atoms with van der Waals surface area (Å²) in [5.41, 5.74) is 2.64. The maximum Gasteiger partial charge on any atom is 0.289 e. The highest BCUT2D eigenvalue weighted by atomic mass is 35.5. The maximum absolute atomic E-state index is 11.9. The first-order valence-electron chi connectivity index (χ1n) is 7.51. The molecular formula is C17H15ClN2O4. The van der Waals surface area contributed by atoms with E-state index in [1.807, 2.05) is 18.2 Å². The van der Waals surface area contributed by atoms with Gasteiger partial charge < -0.3 is 10.1 Å². The molecule has 0 saturated carbocycles. The zero-order valence-corrected chi connectivity index (χ0v) is 13.5. The Morgan fingerprint density at radius 1 is 1.21 bits per heavy atom. The van der Waals surface area contributed by atoms with Crippen LogP contribution < -0.4 is 10.1 Å². The number of fused-ring (bicyclic) bond motifs is 1. The van der Waals surface area contributed by atoms with E-state index in [9.17, 15) is 14.9 Å². The molecule has 1 amide bonds. The molecular weight excluding hydrogens is 332 g/mol. The van der Waals surface area contributed by atoms with Crippen molar-refractivity contribution in [2.24, 2.45) is 0 Å². The van der Waals surface area contributed by atoms with Gasteiger partial charge in [0.05, 0.1) is 4.92 Å². The van der Waals surface area contributed by atoms with Crippen LogP contribution in [0.2, 0.25) is 5.02 Å². The number of nitro benzene ring substituents is 1. The van der Waals surface area contributed by atoms with Crippen LogP contribution in [0.5, 0.6) is 5.75 Å². The third-order valence-electron chi connectivity index (χ3n) is 3.87. The Morgan fingerprint density at radius 3 is 2.79 bits per heavy atom. The van der Waals surface area contributed by atoms with Crippen LogP contribution in [-0.4, -0.2) is 17.4 Å². The van der Waals surface area contributed by atoms with Crippen molar-refractivity contribution >= 4 is 28.9 Å². The summed E-state index contributed by atoms with van der Waals surface area (Å²) in [6, 6.07) is 9.93. The van der Waals surface area contributed by atoms with Crippen molar-refractivity contribution in [2.75, 3.05) is 11.9 Å². The second kappa shape index (κ2) is 6.88. The first-order valence-corrected chi connectivity index (χ1v) is 7.89. The molecule has 0 aromatic heterocycles. The Kier molecular flexibility index (Phi) is 4.66. The predicted octanol–water partition coefficient (Wildman–Crippen LogP) is 3.75. The molecule has 0 aliphatic heterocycles. The number of carbonyl (C=O) groups excluding carboxylic acids is 1. The number of halogens is 1. The standard InChI is InChI=1S/C17H15ClN2O4/c18-15-7-5-13(9-16(15)20(22)23)19-17(21)10-24-14-6-4-11-2-1-3-12(11)8-14/h4-9H,1-3,10H2,(H,19,21). The smallest absolute Gasteiger partial charge is 0.289 e. The number of ether oxygens (including phenoxy) is 1. The molecule has 2 aromatic carbocycles. The number of amides is 1. The highest BCUT2D eigenvalue weighted by Crippen LogP contribution is 2.28. The number of anilines is 1. The lowest BCUT2D eigenvalue weighted by Crippen LogP contribution is -2.20.